The van der Waals surface area contributed by atoms with E-state index in [2.05, 4.69) is 14.8 Å². The summed E-state index contributed by atoms with van der Waals surface area (Å²) in [4.78, 5) is 30.2. The largest absolute Gasteiger partial charge is 0.466 e. The quantitative estimate of drug-likeness (QED) is 0.0664. The zero-order valence-corrected chi connectivity index (χ0v) is 27.2. The maximum absolute atomic E-state index is 13.7. The Bertz CT molecular complexity index is 1410. The van der Waals surface area contributed by atoms with Gasteiger partial charge in [0.2, 0.25) is 16.0 Å². The van der Waals surface area contributed by atoms with Crippen LogP contribution in [0.25, 0.3) is 17.3 Å². The molecule has 0 radical (unpaired) electrons. The third-order valence-corrected chi connectivity index (χ3v) is 7.79. The number of halogens is 1. The molecule has 0 spiro atoms. The summed E-state index contributed by atoms with van der Waals surface area (Å²) in [5.41, 5.74) is 1.65. The average molecular weight is 692 g/mol. The Morgan fingerprint density at radius 1 is 1.02 bits per heavy atom. The number of anilines is 1. The van der Waals surface area contributed by atoms with Crippen LogP contribution in [0.4, 0.5) is 10.3 Å². The summed E-state index contributed by atoms with van der Waals surface area (Å²) in [7, 11) is -2.40. The Hall–Kier alpha value is -3.21. The molecule has 0 aliphatic heterocycles. The first-order valence-corrected chi connectivity index (χ1v) is 16.3. The van der Waals surface area contributed by atoms with Gasteiger partial charge in [-0.3, -0.25) is 30.5 Å². The van der Waals surface area contributed by atoms with E-state index in [0.29, 0.717) is 16.8 Å². The van der Waals surface area contributed by atoms with Crippen molar-refractivity contribution >= 4 is 28.0 Å². The van der Waals surface area contributed by atoms with Crippen molar-refractivity contribution in [3.05, 3.63) is 47.4 Å². The van der Waals surface area contributed by atoms with E-state index >= 15 is 0 Å². The number of carbonyl (C=O) groups excluding carboxylic acids is 1. The molecule has 0 bridgehead atoms. The first-order chi connectivity index (χ1) is 22.0. The van der Waals surface area contributed by atoms with Crippen LogP contribution in [0.2, 0.25) is 0 Å². The van der Waals surface area contributed by atoms with Gasteiger partial charge in [-0.2, -0.15) is 0 Å². The number of hydrogen-bond acceptors (Lipinski definition) is 16. The highest BCUT2D eigenvalue weighted by Crippen LogP contribution is 2.31. The molecular weight excluding hydrogens is 649 g/mol. The molecule has 1 aromatic carbocycles. The van der Waals surface area contributed by atoms with E-state index in [1.807, 2.05) is 13.8 Å². The van der Waals surface area contributed by atoms with Crippen LogP contribution in [-0.4, -0.2) is 111 Å². The monoisotopic (exact) mass is 691 g/mol. The maximum atomic E-state index is 13.7. The molecule has 19 heteroatoms. The van der Waals surface area contributed by atoms with Crippen LogP contribution in [0, 0.1) is 5.82 Å². The Morgan fingerprint density at radius 2 is 1.68 bits per heavy atom. The van der Waals surface area contributed by atoms with E-state index < -0.39 is 57.3 Å². The van der Waals surface area contributed by atoms with Crippen LogP contribution in [0.3, 0.4) is 0 Å². The second-order valence-corrected chi connectivity index (χ2v) is 12.8. The zero-order chi connectivity index (χ0) is 35.3. The van der Waals surface area contributed by atoms with Crippen molar-refractivity contribution in [2.75, 3.05) is 30.8 Å². The minimum Gasteiger partial charge on any atom is -0.466 e. The van der Waals surface area contributed by atoms with Crippen molar-refractivity contribution in [2.45, 2.75) is 70.2 Å². The van der Waals surface area contributed by atoms with Crippen molar-refractivity contribution < 1.29 is 63.1 Å². The number of sulfonamides is 1. The van der Waals surface area contributed by atoms with Crippen LogP contribution in [0.15, 0.2) is 30.3 Å². The summed E-state index contributed by atoms with van der Waals surface area (Å²) < 4.78 is 44.2. The van der Waals surface area contributed by atoms with Gasteiger partial charge in [0.1, 0.15) is 5.82 Å². The van der Waals surface area contributed by atoms with Crippen molar-refractivity contribution in [1.29, 1.82) is 0 Å². The molecule has 3 atom stereocenters. The van der Waals surface area contributed by atoms with E-state index in [4.69, 9.17) is 30.4 Å². The molecule has 264 valence electrons. The molecule has 0 aliphatic rings. The van der Waals surface area contributed by atoms with Gasteiger partial charge < -0.3 is 14.9 Å². The summed E-state index contributed by atoms with van der Waals surface area (Å²) in [6, 6.07) is 5.41. The fourth-order valence-electron chi connectivity index (χ4n) is 4.24. The fraction of sp³-hybridized carbons (Fsp3) is 0.536. The minimum atomic E-state index is -3.71. The van der Waals surface area contributed by atoms with E-state index in [9.17, 15) is 27.8 Å². The van der Waals surface area contributed by atoms with Gasteiger partial charge >= 0.3 is 5.97 Å². The van der Waals surface area contributed by atoms with Gasteiger partial charge in [0.05, 0.1) is 66.4 Å². The smallest absolute Gasteiger partial charge is 0.308 e. The lowest BCUT2D eigenvalue weighted by atomic mass is 9.97. The highest BCUT2D eigenvalue weighted by molar-refractivity contribution is 7.92. The predicted octanol–water partition coefficient (Wildman–Crippen LogP) is 2.42. The van der Waals surface area contributed by atoms with Gasteiger partial charge in [-0.05, 0) is 43.0 Å². The lowest BCUT2D eigenvalue weighted by molar-refractivity contribution is -0.511. The molecule has 0 saturated carbocycles. The number of aliphatic hydroxyl groups is 2. The number of ether oxygens (including phenoxy) is 1. The summed E-state index contributed by atoms with van der Waals surface area (Å²) in [5.74, 6) is -1.56. The molecule has 0 saturated heterocycles. The van der Waals surface area contributed by atoms with Gasteiger partial charge in [-0.1, -0.05) is 26.0 Å². The van der Waals surface area contributed by atoms with Crippen molar-refractivity contribution in [2.24, 2.45) is 0 Å². The summed E-state index contributed by atoms with van der Waals surface area (Å²) >= 11 is 0. The Labute approximate surface area is 271 Å². The normalized spacial score (nSPS) is 14.3. The third-order valence-electron chi connectivity index (χ3n) is 6.63. The van der Waals surface area contributed by atoms with Gasteiger partial charge in [-0.25, -0.2) is 31.9 Å². The summed E-state index contributed by atoms with van der Waals surface area (Å²) in [5, 5.41) is 54.9. The first kappa shape index (κ1) is 40.0. The fourth-order valence-corrected chi connectivity index (χ4v) is 4.62. The van der Waals surface area contributed by atoms with Crippen LogP contribution < -0.4 is 4.31 Å². The van der Waals surface area contributed by atoms with Gasteiger partial charge in [0, 0.05) is 31.0 Å². The molecule has 17 nitrogen and oxygen atoms in total. The second kappa shape index (κ2) is 19.0. The zero-order valence-electron chi connectivity index (χ0n) is 26.4. The number of nitrogens with zero attached hydrogens (tertiary/aromatic N) is 5. The van der Waals surface area contributed by atoms with Gasteiger partial charge in [0.25, 0.3) is 0 Å². The summed E-state index contributed by atoms with van der Waals surface area (Å²) in [6.07, 6.45) is 0.266. The van der Waals surface area contributed by atoms with E-state index in [-0.39, 0.29) is 56.5 Å². The van der Waals surface area contributed by atoms with Crippen LogP contribution >= 0.6 is 0 Å². The van der Waals surface area contributed by atoms with E-state index in [0.717, 1.165) is 10.6 Å². The molecule has 0 aliphatic carbocycles. The Kier molecular flexibility index (Phi) is 16.1. The number of hydrogen-bond donors (Lipinski definition) is 6. The van der Waals surface area contributed by atoms with Gasteiger partial charge in [-0.15, -0.1) is 0 Å². The van der Waals surface area contributed by atoms with Crippen molar-refractivity contribution in [1.82, 2.24) is 20.7 Å². The lowest BCUT2D eigenvalue weighted by Gasteiger charge is -2.20. The number of aliphatic hydroxyl groups excluding tert-OH is 2. The standard InChI is InChI=1S/C28H42FN5O12S/c1-18(2)26-24(27(19-7-9-20(29)10-8-19)31-28(30-26)32(3)47(4,42)43)12-11-21(35)16-22(36)17-25(37)44-14-5-6-23(46-34(40)41)13-15-45-33(38)39/h7-12,18,21-23,35-36,38-41H,5-6,13-17H2,1-4H3/b12-11+. The molecule has 3 unspecified atom stereocenters. The lowest BCUT2D eigenvalue weighted by Crippen LogP contribution is -2.27. The molecule has 1 heterocycles. The first-order valence-electron chi connectivity index (χ1n) is 14.4. The number of aromatic nitrogens is 2. The topological polar surface area (TPSA) is 236 Å². The number of benzene rings is 1. The maximum Gasteiger partial charge on any atom is 0.308 e. The SMILES string of the molecule is CC(C)c1nc(N(C)S(C)(=O)=O)nc(-c2ccc(F)cc2)c1/C=C/C(O)CC(O)CC(=O)OCCCC(CCON(O)O)ON(O)O. The van der Waals surface area contributed by atoms with E-state index in [1.165, 1.54) is 43.5 Å². The van der Waals surface area contributed by atoms with Crippen molar-refractivity contribution in [3.63, 3.8) is 0 Å². The van der Waals surface area contributed by atoms with E-state index in [1.54, 1.807) is 0 Å². The third kappa shape index (κ3) is 14.2. The van der Waals surface area contributed by atoms with Crippen LogP contribution in [0.1, 0.15) is 63.1 Å². The van der Waals surface area contributed by atoms with Crippen LogP contribution in [-0.2, 0) is 29.2 Å². The molecule has 1 aromatic heterocycles. The highest BCUT2D eigenvalue weighted by atomic mass is 32.2. The number of rotatable bonds is 20. The molecule has 2 rings (SSSR count). The highest BCUT2D eigenvalue weighted by Gasteiger charge is 2.23. The molecule has 47 heavy (non-hydrogen) atoms. The molecule has 0 fully saturated rings. The molecule has 0 amide bonds. The number of esters is 1. The second-order valence-electron chi connectivity index (χ2n) is 10.8. The predicted molar refractivity (Wildman–Crippen MR) is 162 cm³/mol. The average Bonchev–Trinajstić information content (AvgIpc) is 2.96. The molecular formula is C28H42FN5O12S. The minimum absolute atomic E-state index is 0.0192. The Balaban J connectivity index is 2.08. The number of carbonyl (C=O) groups is 1. The van der Waals surface area contributed by atoms with Gasteiger partial charge in [0.15, 0.2) is 0 Å². The Morgan fingerprint density at radius 3 is 2.26 bits per heavy atom. The summed E-state index contributed by atoms with van der Waals surface area (Å²) in [6.45, 7) is 3.33. The molecule has 2 aromatic rings. The van der Waals surface area contributed by atoms with Crippen molar-refractivity contribution in [3.8, 4) is 11.3 Å². The molecule has 6 N–H and O–H groups in total. The van der Waals surface area contributed by atoms with Crippen LogP contribution in [0.5, 0.6) is 0 Å².